The SMILES string of the molecule is CCOCc1ccccc1NC(C)c1c(O)cccc1O. The van der Waals surface area contributed by atoms with E-state index in [-0.39, 0.29) is 17.5 Å². The number of para-hydroxylation sites is 1. The minimum atomic E-state index is -0.228. The van der Waals surface area contributed by atoms with Crippen molar-refractivity contribution >= 4 is 5.69 Å². The molecule has 0 saturated carbocycles. The average Bonchev–Trinajstić information content (AvgIpc) is 2.46. The lowest BCUT2D eigenvalue weighted by atomic mass is 10.0. The van der Waals surface area contributed by atoms with Gasteiger partial charge in [0.25, 0.3) is 0 Å². The van der Waals surface area contributed by atoms with Crippen LogP contribution < -0.4 is 5.32 Å². The molecular weight excluding hydrogens is 266 g/mol. The van der Waals surface area contributed by atoms with Gasteiger partial charge < -0.3 is 20.3 Å². The maximum absolute atomic E-state index is 9.93. The fourth-order valence-electron chi connectivity index (χ4n) is 2.29. The Bertz CT molecular complexity index is 578. The van der Waals surface area contributed by atoms with Crippen molar-refractivity contribution in [3.8, 4) is 11.5 Å². The van der Waals surface area contributed by atoms with Crippen molar-refractivity contribution in [3.05, 3.63) is 53.6 Å². The zero-order chi connectivity index (χ0) is 15.2. The molecule has 0 heterocycles. The van der Waals surface area contributed by atoms with Crippen molar-refractivity contribution in [1.82, 2.24) is 0 Å². The van der Waals surface area contributed by atoms with Crippen LogP contribution >= 0.6 is 0 Å². The molecule has 0 aliphatic heterocycles. The van der Waals surface area contributed by atoms with Gasteiger partial charge in [-0.3, -0.25) is 0 Å². The summed E-state index contributed by atoms with van der Waals surface area (Å²) in [5.74, 6) is 0.162. The molecule has 0 fully saturated rings. The Hall–Kier alpha value is -2.20. The van der Waals surface area contributed by atoms with Gasteiger partial charge in [0, 0.05) is 17.9 Å². The molecule has 0 saturated heterocycles. The number of hydrogen-bond acceptors (Lipinski definition) is 4. The minimum absolute atomic E-state index is 0.0808. The highest BCUT2D eigenvalue weighted by molar-refractivity contribution is 5.55. The normalized spacial score (nSPS) is 12.1. The topological polar surface area (TPSA) is 61.7 Å². The van der Waals surface area contributed by atoms with E-state index in [0.29, 0.717) is 18.8 Å². The molecule has 0 spiro atoms. The summed E-state index contributed by atoms with van der Waals surface area (Å²) in [6, 6.07) is 12.4. The minimum Gasteiger partial charge on any atom is -0.507 e. The summed E-state index contributed by atoms with van der Waals surface area (Å²) >= 11 is 0. The molecule has 0 aliphatic carbocycles. The number of phenols is 2. The maximum Gasteiger partial charge on any atom is 0.124 e. The summed E-state index contributed by atoms with van der Waals surface area (Å²) in [7, 11) is 0. The summed E-state index contributed by atoms with van der Waals surface area (Å²) in [5.41, 5.74) is 2.46. The molecule has 2 aromatic carbocycles. The van der Waals surface area contributed by atoms with Crippen LogP contribution in [0.2, 0.25) is 0 Å². The van der Waals surface area contributed by atoms with E-state index in [4.69, 9.17) is 4.74 Å². The highest BCUT2D eigenvalue weighted by Crippen LogP contribution is 2.34. The highest BCUT2D eigenvalue weighted by Gasteiger charge is 2.15. The van der Waals surface area contributed by atoms with Gasteiger partial charge >= 0.3 is 0 Å². The van der Waals surface area contributed by atoms with E-state index in [9.17, 15) is 10.2 Å². The number of aromatic hydroxyl groups is 2. The highest BCUT2D eigenvalue weighted by atomic mass is 16.5. The predicted octanol–water partition coefficient (Wildman–Crippen LogP) is 3.81. The third kappa shape index (κ3) is 3.67. The predicted molar refractivity (Wildman–Crippen MR) is 83.6 cm³/mol. The van der Waals surface area contributed by atoms with Crippen molar-refractivity contribution in [1.29, 1.82) is 0 Å². The van der Waals surface area contributed by atoms with E-state index >= 15 is 0 Å². The third-order valence-corrected chi connectivity index (χ3v) is 3.34. The molecule has 0 amide bonds. The van der Waals surface area contributed by atoms with Gasteiger partial charge in [0.1, 0.15) is 11.5 Å². The zero-order valence-electron chi connectivity index (χ0n) is 12.3. The number of benzene rings is 2. The number of phenolic OH excluding ortho intramolecular Hbond substituents is 2. The van der Waals surface area contributed by atoms with Gasteiger partial charge in [0.05, 0.1) is 18.2 Å². The van der Waals surface area contributed by atoms with E-state index in [1.807, 2.05) is 38.1 Å². The molecule has 2 aromatic rings. The molecule has 112 valence electrons. The van der Waals surface area contributed by atoms with Crippen molar-refractivity contribution in [2.75, 3.05) is 11.9 Å². The van der Waals surface area contributed by atoms with Crippen LogP contribution in [0.25, 0.3) is 0 Å². The van der Waals surface area contributed by atoms with Crippen LogP contribution in [0.3, 0.4) is 0 Å². The van der Waals surface area contributed by atoms with Gasteiger partial charge in [-0.1, -0.05) is 24.3 Å². The van der Waals surface area contributed by atoms with Gasteiger partial charge in [-0.05, 0) is 32.0 Å². The Morgan fingerprint density at radius 1 is 1.05 bits per heavy atom. The summed E-state index contributed by atoms with van der Waals surface area (Å²) in [5, 5.41) is 23.2. The van der Waals surface area contributed by atoms with E-state index in [1.165, 1.54) is 0 Å². The number of ether oxygens (including phenoxy) is 1. The lowest BCUT2D eigenvalue weighted by Gasteiger charge is -2.20. The third-order valence-electron chi connectivity index (χ3n) is 3.34. The Kier molecular flexibility index (Phi) is 5.06. The van der Waals surface area contributed by atoms with Crippen LogP contribution in [0.4, 0.5) is 5.69 Å². The van der Waals surface area contributed by atoms with Crippen LogP contribution in [0.5, 0.6) is 11.5 Å². The van der Waals surface area contributed by atoms with Crippen molar-refractivity contribution in [2.24, 2.45) is 0 Å². The summed E-state index contributed by atoms with van der Waals surface area (Å²) < 4.78 is 5.46. The molecule has 4 nitrogen and oxygen atoms in total. The Morgan fingerprint density at radius 2 is 1.71 bits per heavy atom. The van der Waals surface area contributed by atoms with Crippen LogP contribution in [0, 0.1) is 0 Å². The van der Waals surface area contributed by atoms with Crippen LogP contribution in [0.15, 0.2) is 42.5 Å². The first-order chi connectivity index (χ1) is 10.1. The van der Waals surface area contributed by atoms with Crippen LogP contribution in [0.1, 0.15) is 31.0 Å². The first-order valence-corrected chi connectivity index (χ1v) is 7.06. The first-order valence-electron chi connectivity index (χ1n) is 7.06. The standard InChI is InChI=1S/C17H21NO3/c1-3-21-11-13-7-4-5-8-14(13)18-12(2)17-15(19)9-6-10-16(17)20/h4-10,12,18-20H,3,11H2,1-2H3. The van der Waals surface area contributed by atoms with Gasteiger partial charge in [0.15, 0.2) is 0 Å². The number of anilines is 1. The molecule has 3 N–H and O–H groups in total. The first kappa shape index (κ1) is 15.2. The van der Waals surface area contributed by atoms with Gasteiger partial charge in [-0.15, -0.1) is 0 Å². The van der Waals surface area contributed by atoms with Crippen molar-refractivity contribution in [3.63, 3.8) is 0 Å². The quantitative estimate of drug-likeness (QED) is 0.756. The molecule has 4 heteroatoms. The molecule has 0 aliphatic rings. The lowest BCUT2D eigenvalue weighted by Crippen LogP contribution is -2.09. The molecular formula is C17H21NO3. The lowest BCUT2D eigenvalue weighted by molar-refractivity contribution is 0.134. The summed E-state index contributed by atoms with van der Waals surface area (Å²) in [6.07, 6.45) is 0. The van der Waals surface area contributed by atoms with Gasteiger partial charge in [0.2, 0.25) is 0 Å². The Balaban J connectivity index is 2.21. The molecule has 2 rings (SSSR count). The maximum atomic E-state index is 9.93. The number of nitrogens with one attached hydrogen (secondary N) is 1. The van der Waals surface area contributed by atoms with E-state index in [2.05, 4.69) is 5.32 Å². The van der Waals surface area contributed by atoms with Crippen LogP contribution in [-0.2, 0) is 11.3 Å². The Morgan fingerprint density at radius 3 is 2.38 bits per heavy atom. The average molecular weight is 287 g/mol. The molecule has 1 atom stereocenters. The van der Waals surface area contributed by atoms with E-state index in [1.54, 1.807) is 18.2 Å². The summed E-state index contributed by atoms with van der Waals surface area (Å²) in [6.45, 7) is 5.04. The second kappa shape index (κ2) is 6.99. The number of rotatable bonds is 6. The summed E-state index contributed by atoms with van der Waals surface area (Å²) in [4.78, 5) is 0. The molecule has 1 unspecified atom stereocenters. The largest absolute Gasteiger partial charge is 0.507 e. The van der Waals surface area contributed by atoms with Crippen LogP contribution in [-0.4, -0.2) is 16.8 Å². The van der Waals surface area contributed by atoms with E-state index < -0.39 is 0 Å². The molecule has 21 heavy (non-hydrogen) atoms. The second-order valence-electron chi connectivity index (χ2n) is 4.87. The van der Waals surface area contributed by atoms with Gasteiger partial charge in [-0.2, -0.15) is 0 Å². The number of hydrogen-bond donors (Lipinski definition) is 3. The molecule has 0 radical (unpaired) electrons. The fraction of sp³-hybridized carbons (Fsp3) is 0.294. The Labute approximate surface area is 125 Å². The van der Waals surface area contributed by atoms with Gasteiger partial charge in [-0.25, -0.2) is 0 Å². The molecule has 0 bridgehead atoms. The van der Waals surface area contributed by atoms with Crippen molar-refractivity contribution < 1.29 is 14.9 Å². The second-order valence-corrected chi connectivity index (χ2v) is 4.87. The fourth-order valence-corrected chi connectivity index (χ4v) is 2.29. The monoisotopic (exact) mass is 287 g/mol. The van der Waals surface area contributed by atoms with E-state index in [0.717, 1.165) is 11.3 Å². The zero-order valence-corrected chi connectivity index (χ0v) is 12.3. The molecule has 0 aromatic heterocycles. The van der Waals surface area contributed by atoms with Crippen molar-refractivity contribution in [2.45, 2.75) is 26.5 Å². The smallest absolute Gasteiger partial charge is 0.124 e.